The fourth-order valence-electron chi connectivity index (χ4n) is 5.80. The normalized spacial score (nSPS) is 22.8. The number of methoxy groups -OCH3 is 1. The van der Waals surface area contributed by atoms with Crippen LogP contribution in [0.5, 0.6) is 0 Å². The maximum absolute atomic E-state index is 14.8. The average molecular weight is 536 g/mol. The quantitative estimate of drug-likeness (QED) is 0.325. The number of esters is 1. The van der Waals surface area contributed by atoms with Crippen molar-refractivity contribution < 1.29 is 36.6 Å². The van der Waals surface area contributed by atoms with E-state index in [1.807, 2.05) is 12.1 Å². The molecule has 2 aromatic carbocycles. The van der Waals surface area contributed by atoms with Crippen LogP contribution in [-0.4, -0.2) is 48.4 Å². The van der Waals surface area contributed by atoms with Gasteiger partial charge in [0.25, 0.3) is 0 Å². The van der Waals surface area contributed by atoms with Gasteiger partial charge in [0.05, 0.1) is 12.7 Å². The van der Waals surface area contributed by atoms with Crippen molar-refractivity contribution in [3.8, 4) is 0 Å². The van der Waals surface area contributed by atoms with E-state index < -0.39 is 40.5 Å². The molecule has 206 valence electrons. The number of aryl methyl sites for hydroxylation is 1. The lowest BCUT2D eigenvalue weighted by molar-refractivity contribution is -0.228. The molecule has 0 N–H and O–H groups in total. The summed E-state index contributed by atoms with van der Waals surface area (Å²) >= 11 is 0. The SMILES string of the molecule is COC(=O)c1ccc(CC23CCN(C(=O)OC(C)(C)C)C2CCc2cc(C(C)(F)C(F)(F)F)ccc23)cc1. The van der Waals surface area contributed by atoms with Crippen molar-refractivity contribution in [2.45, 2.75) is 82.3 Å². The Kier molecular flexibility index (Phi) is 7.04. The summed E-state index contributed by atoms with van der Waals surface area (Å²) in [6.45, 7) is 6.35. The fourth-order valence-corrected chi connectivity index (χ4v) is 5.80. The Morgan fingerprint density at radius 2 is 1.68 bits per heavy atom. The van der Waals surface area contributed by atoms with Gasteiger partial charge in [0.15, 0.2) is 0 Å². The molecule has 0 bridgehead atoms. The van der Waals surface area contributed by atoms with E-state index in [9.17, 15) is 27.2 Å². The van der Waals surface area contributed by atoms with E-state index in [4.69, 9.17) is 9.47 Å². The molecule has 1 aliphatic carbocycles. The van der Waals surface area contributed by atoms with E-state index in [1.165, 1.54) is 19.2 Å². The first-order valence-electron chi connectivity index (χ1n) is 12.7. The highest BCUT2D eigenvalue weighted by atomic mass is 19.4. The first kappa shape index (κ1) is 27.9. The largest absolute Gasteiger partial charge is 0.465 e. The molecule has 2 aliphatic rings. The Bertz CT molecular complexity index is 1220. The zero-order chi connectivity index (χ0) is 28.1. The smallest absolute Gasteiger partial charge is 0.426 e. The molecule has 3 unspecified atom stereocenters. The predicted molar refractivity (Wildman–Crippen MR) is 134 cm³/mol. The lowest BCUT2D eigenvalue weighted by Gasteiger charge is -2.44. The second-order valence-corrected chi connectivity index (χ2v) is 11.4. The Morgan fingerprint density at radius 3 is 2.26 bits per heavy atom. The molecule has 1 aliphatic heterocycles. The standard InChI is InChI=1S/C29H33F4NO4/c1-26(2,3)38-25(36)34-15-14-28(17-18-6-8-19(9-7-18)24(35)37-5)22-12-11-21(27(4,30)29(31,32)33)16-20(22)10-13-23(28)34/h6-9,11-12,16,23H,10,13-15,17H2,1-5H3. The summed E-state index contributed by atoms with van der Waals surface area (Å²) < 4.78 is 65.6. The van der Waals surface area contributed by atoms with Crippen molar-refractivity contribution in [1.82, 2.24) is 4.90 Å². The molecule has 0 spiro atoms. The Labute approximate surface area is 220 Å². The molecular formula is C29H33F4NO4. The van der Waals surface area contributed by atoms with Gasteiger partial charge in [-0.05, 0) is 87.8 Å². The van der Waals surface area contributed by atoms with Gasteiger partial charge in [-0.1, -0.05) is 30.3 Å². The van der Waals surface area contributed by atoms with Gasteiger partial charge in [0.2, 0.25) is 5.67 Å². The summed E-state index contributed by atoms with van der Waals surface area (Å²) in [6, 6.07) is 10.9. The second-order valence-electron chi connectivity index (χ2n) is 11.4. The van der Waals surface area contributed by atoms with Crippen LogP contribution in [0.3, 0.4) is 0 Å². The first-order chi connectivity index (χ1) is 17.6. The summed E-state index contributed by atoms with van der Waals surface area (Å²) in [5, 5.41) is 0. The van der Waals surface area contributed by atoms with Gasteiger partial charge in [-0.2, -0.15) is 13.2 Å². The molecule has 5 nitrogen and oxygen atoms in total. The molecule has 1 saturated heterocycles. The van der Waals surface area contributed by atoms with Crippen molar-refractivity contribution in [2.24, 2.45) is 0 Å². The molecule has 0 aromatic heterocycles. The number of ether oxygens (including phenoxy) is 2. The van der Waals surface area contributed by atoms with Crippen LogP contribution in [0.1, 0.15) is 73.1 Å². The molecule has 38 heavy (non-hydrogen) atoms. The number of hydrogen-bond donors (Lipinski definition) is 0. The molecule has 9 heteroatoms. The van der Waals surface area contributed by atoms with E-state index in [0.717, 1.165) is 11.1 Å². The van der Waals surface area contributed by atoms with Gasteiger partial charge in [-0.15, -0.1) is 0 Å². The summed E-state index contributed by atoms with van der Waals surface area (Å²) in [6.07, 6.45) is -3.52. The minimum atomic E-state index is -5.04. The van der Waals surface area contributed by atoms with Gasteiger partial charge < -0.3 is 14.4 Å². The molecule has 1 fully saturated rings. The number of nitrogens with zero attached hydrogens (tertiary/aromatic N) is 1. The Morgan fingerprint density at radius 1 is 1.03 bits per heavy atom. The van der Waals surface area contributed by atoms with Crippen LogP contribution in [0.25, 0.3) is 0 Å². The van der Waals surface area contributed by atoms with Crippen LogP contribution < -0.4 is 0 Å². The number of halogens is 4. The number of carbonyl (C=O) groups excluding carboxylic acids is 2. The van der Waals surface area contributed by atoms with Crippen LogP contribution in [0.15, 0.2) is 42.5 Å². The minimum Gasteiger partial charge on any atom is -0.465 e. The van der Waals surface area contributed by atoms with Gasteiger partial charge >= 0.3 is 18.2 Å². The van der Waals surface area contributed by atoms with Crippen LogP contribution >= 0.6 is 0 Å². The van der Waals surface area contributed by atoms with Crippen molar-refractivity contribution in [1.29, 1.82) is 0 Å². The summed E-state index contributed by atoms with van der Waals surface area (Å²) in [7, 11) is 1.30. The fraction of sp³-hybridized carbons (Fsp3) is 0.517. The van der Waals surface area contributed by atoms with Crippen molar-refractivity contribution in [2.75, 3.05) is 13.7 Å². The van der Waals surface area contributed by atoms with Crippen LogP contribution in [0, 0.1) is 0 Å². The Balaban J connectivity index is 1.77. The lowest BCUT2D eigenvalue weighted by atomic mass is 9.63. The number of fused-ring (bicyclic) bond motifs is 3. The number of hydrogen-bond acceptors (Lipinski definition) is 4. The molecule has 1 amide bonds. The third kappa shape index (κ3) is 4.99. The summed E-state index contributed by atoms with van der Waals surface area (Å²) in [4.78, 5) is 26.8. The number of carbonyl (C=O) groups is 2. The van der Waals surface area contributed by atoms with Crippen molar-refractivity contribution in [3.05, 3.63) is 70.3 Å². The highest BCUT2D eigenvalue weighted by Crippen LogP contribution is 2.51. The van der Waals surface area contributed by atoms with Crippen molar-refractivity contribution >= 4 is 12.1 Å². The molecule has 2 aromatic rings. The van der Waals surface area contributed by atoms with Crippen LogP contribution in [-0.2, 0) is 33.4 Å². The zero-order valence-corrected chi connectivity index (χ0v) is 22.2. The van der Waals surface area contributed by atoms with Gasteiger partial charge in [0.1, 0.15) is 5.60 Å². The summed E-state index contributed by atoms with van der Waals surface area (Å²) in [5.74, 6) is -0.459. The van der Waals surface area contributed by atoms with E-state index in [0.29, 0.717) is 50.3 Å². The third-order valence-electron chi connectivity index (χ3n) is 7.74. The molecule has 0 radical (unpaired) electrons. The highest BCUT2D eigenvalue weighted by molar-refractivity contribution is 5.89. The van der Waals surface area contributed by atoms with Crippen molar-refractivity contribution in [3.63, 3.8) is 0 Å². The maximum atomic E-state index is 14.8. The second kappa shape index (κ2) is 9.58. The molecule has 1 heterocycles. The van der Waals surface area contributed by atoms with Gasteiger partial charge in [0, 0.05) is 18.0 Å². The highest BCUT2D eigenvalue weighted by Gasteiger charge is 2.56. The molecular weight excluding hydrogens is 502 g/mol. The maximum Gasteiger partial charge on any atom is 0.426 e. The zero-order valence-electron chi connectivity index (χ0n) is 22.2. The molecule has 0 saturated carbocycles. The number of alkyl halides is 4. The number of rotatable bonds is 4. The summed E-state index contributed by atoms with van der Waals surface area (Å²) in [5.41, 5.74) is -2.43. The lowest BCUT2D eigenvalue weighted by Crippen LogP contribution is -2.50. The average Bonchev–Trinajstić information content (AvgIpc) is 3.21. The number of amides is 1. The monoisotopic (exact) mass is 535 g/mol. The third-order valence-corrected chi connectivity index (χ3v) is 7.74. The first-order valence-corrected chi connectivity index (χ1v) is 12.7. The molecule has 4 rings (SSSR count). The minimum absolute atomic E-state index is 0.254. The number of likely N-dealkylation sites (tertiary alicyclic amines) is 1. The molecule has 3 atom stereocenters. The van der Waals surface area contributed by atoms with Crippen LogP contribution in [0.4, 0.5) is 22.4 Å². The van der Waals surface area contributed by atoms with E-state index in [2.05, 4.69) is 0 Å². The van der Waals surface area contributed by atoms with E-state index in [-0.39, 0.29) is 6.04 Å². The van der Waals surface area contributed by atoms with Gasteiger partial charge in [-0.25, -0.2) is 14.0 Å². The van der Waals surface area contributed by atoms with E-state index >= 15 is 0 Å². The predicted octanol–water partition coefficient (Wildman–Crippen LogP) is 6.66. The van der Waals surface area contributed by atoms with Gasteiger partial charge in [-0.3, -0.25) is 0 Å². The topological polar surface area (TPSA) is 55.8 Å². The number of benzene rings is 2. The van der Waals surface area contributed by atoms with E-state index in [1.54, 1.807) is 43.9 Å². The Hall–Kier alpha value is -3.10. The van der Waals surface area contributed by atoms with Crippen LogP contribution in [0.2, 0.25) is 0 Å².